The van der Waals surface area contributed by atoms with Gasteiger partial charge in [-0.05, 0) is 50.8 Å². The van der Waals surface area contributed by atoms with Crippen LogP contribution in [-0.2, 0) is 0 Å². The number of aromatic nitrogens is 7. The van der Waals surface area contributed by atoms with Gasteiger partial charge in [-0.15, -0.1) is 5.10 Å². The molecule has 1 aliphatic carbocycles. The van der Waals surface area contributed by atoms with E-state index >= 15 is 0 Å². The van der Waals surface area contributed by atoms with Crippen LogP contribution in [0.2, 0.25) is 0 Å². The Bertz CT molecular complexity index is 1230. The van der Waals surface area contributed by atoms with E-state index in [-0.39, 0.29) is 11.6 Å². The lowest BCUT2D eigenvalue weighted by molar-refractivity contribution is 0.302. The van der Waals surface area contributed by atoms with Gasteiger partial charge in [-0.1, -0.05) is 12.1 Å². The number of benzene rings is 1. The fraction of sp³-hybridized carbons (Fsp3) is 0.333. The highest BCUT2D eigenvalue weighted by molar-refractivity contribution is 5.76. The summed E-state index contributed by atoms with van der Waals surface area (Å²) < 4.78 is 3.15. The average molecular weight is 402 g/mol. The van der Waals surface area contributed by atoms with Crippen LogP contribution in [0, 0.1) is 6.92 Å². The van der Waals surface area contributed by atoms with E-state index < -0.39 is 0 Å². The molecule has 0 radical (unpaired) electrons. The molecule has 0 spiro atoms. The third kappa shape index (κ3) is 3.54. The van der Waals surface area contributed by atoms with Crippen molar-refractivity contribution in [1.29, 1.82) is 0 Å². The van der Waals surface area contributed by atoms with Crippen molar-refractivity contribution in [1.82, 2.24) is 34.5 Å². The van der Waals surface area contributed by atoms with Crippen LogP contribution in [0.15, 0.2) is 53.8 Å². The summed E-state index contributed by atoms with van der Waals surface area (Å²) in [4.78, 5) is 25.7. The molecule has 5 rings (SSSR count). The van der Waals surface area contributed by atoms with Gasteiger partial charge in [-0.3, -0.25) is 4.79 Å². The number of anilines is 1. The Morgan fingerprint density at radius 1 is 1.00 bits per heavy atom. The lowest BCUT2D eigenvalue weighted by Gasteiger charge is -2.30. The molecule has 30 heavy (non-hydrogen) atoms. The zero-order valence-electron chi connectivity index (χ0n) is 16.6. The van der Waals surface area contributed by atoms with E-state index in [1.165, 1.54) is 6.33 Å². The zero-order chi connectivity index (χ0) is 20.5. The quantitative estimate of drug-likeness (QED) is 0.560. The van der Waals surface area contributed by atoms with Gasteiger partial charge >= 0.3 is 0 Å². The first-order chi connectivity index (χ1) is 14.7. The van der Waals surface area contributed by atoms with Crippen molar-refractivity contribution in [2.24, 2.45) is 0 Å². The first-order valence-corrected chi connectivity index (χ1v) is 10.1. The Labute approximate surface area is 172 Å². The van der Waals surface area contributed by atoms with Crippen molar-refractivity contribution >= 4 is 16.9 Å². The minimum atomic E-state index is -0.0912. The van der Waals surface area contributed by atoms with Crippen molar-refractivity contribution in [3.8, 4) is 5.82 Å². The summed E-state index contributed by atoms with van der Waals surface area (Å²) in [5.41, 5.74) is 2.60. The smallest absolute Gasteiger partial charge is 0.267 e. The third-order valence-corrected chi connectivity index (χ3v) is 5.59. The number of nitrogens with zero attached hydrogens (tertiary/aromatic N) is 7. The molecule has 9 nitrogen and oxygen atoms in total. The maximum absolute atomic E-state index is 12.4. The number of nitrogens with one attached hydrogen (secondary N) is 1. The monoisotopic (exact) mass is 402 g/mol. The Morgan fingerprint density at radius 3 is 2.50 bits per heavy atom. The van der Waals surface area contributed by atoms with Gasteiger partial charge in [0, 0.05) is 12.1 Å². The molecule has 1 saturated carbocycles. The van der Waals surface area contributed by atoms with Crippen LogP contribution in [0.4, 0.5) is 5.82 Å². The molecule has 0 saturated heterocycles. The highest BCUT2D eigenvalue weighted by atomic mass is 16.1. The van der Waals surface area contributed by atoms with Crippen molar-refractivity contribution in [2.45, 2.75) is 44.7 Å². The number of para-hydroxylation sites is 2. The lowest BCUT2D eigenvalue weighted by atomic mass is 9.91. The van der Waals surface area contributed by atoms with Crippen LogP contribution in [0.3, 0.4) is 0 Å². The third-order valence-electron chi connectivity index (χ3n) is 5.59. The highest BCUT2D eigenvalue weighted by Crippen LogP contribution is 2.29. The molecule has 1 fully saturated rings. The summed E-state index contributed by atoms with van der Waals surface area (Å²) >= 11 is 0. The van der Waals surface area contributed by atoms with E-state index in [1.54, 1.807) is 27.8 Å². The van der Waals surface area contributed by atoms with Gasteiger partial charge in [0.1, 0.15) is 18.5 Å². The SMILES string of the molecule is Cc1nc2ccccc2nc1NC1CCC(n2nc(-n3cncn3)ccc2=O)CC1. The fourth-order valence-electron chi connectivity index (χ4n) is 4.01. The molecule has 0 aliphatic heterocycles. The molecule has 0 amide bonds. The summed E-state index contributed by atoms with van der Waals surface area (Å²) in [6.45, 7) is 1.98. The maximum atomic E-state index is 12.4. The number of rotatable bonds is 4. The molecule has 152 valence electrons. The molecule has 3 heterocycles. The standard InChI is InChI=1S/C21H22N8O/c1-14-21(26-18-5-3-2-4-17(18)24-14)25-15-6-8-16(9-7-15)29-20(30)11-10-19(27-29)28-13-22-12-23-28/h2-5,10-13,15-16H,6-9H2,1H3,(H,25,26). The van der Waals surface area contributed by atoms with Crippen LogP contribution in [0.5, 0.6) is 0 Å². The molecule has 4 aromatic rings. The highest BCUT2D eigenvalue weighted by Gasteiger charge is 2.25. The van der Waals surface area contributed by atoms with E-state index in [4.69, 9.17) is 4.98 Å². The van der Waals surface area contributed by atoms with E-state index in [0.717, 1.165) is 48.2 Å². The van der Waals surface area contributed by atoms with Crippen molar-refractivity contribution in [2.75, 3.05) is 5.32 Å². The van der Waals surface area contributed by atoms with Crippen LogP contribution >= 0.6 is 0 Å². The Morgan fingerprint density at radius 2 is 1.77 bits per heavy atom. The second kappa shape index (κ2) is 7.66. The fourth-order valence-corrected chi connectivity index (χ4v) is 4.01. The molecule has 0 bridgehead atoms. The number of hydrogen-bond acceptors (Lipinski definition) is 7. The maximum Gasteiger partial charge on any atom is 0.267 e. The first-order valence-electron chi connectivity index (χ1n) is 10.1. The predicted octanol–water partition coefficient (Wildman–Crippen LogP) is 2.67. The van der Waals surface area contributed by atoms with Gasteiger partial charge in [-0.25, -0.2) is 24.3 Å². The molecular weight excluding hydrogens is 380 g/mol. The summed E-state index contributed by atoms with van der Waals surface area (Å²) in [5.74, 6) is 1.43. The molecule has 0 atom stereocenters. The van der Waals surface area contributed by atoms with E-state index in [9.17, 15) is 4.79 Å². The molecule has 1 aliphatic rings. The zero-order valence-corrected chi connectivity index (χ0v) is 16.6. The second-order valence-corrected chi connectivity index (χ2v) is 7.61. The van der Waals surface area contributed by atoms with Gasteiger partial charge in [0.25, 0.3) is 5.56 Å². The second-order valence-electron chi connectivity index (χ2n) is 7.61. The molecule has 1 aromatic carbocycles. The Balaban J connectivity index is 1.30. The van der Waals surface area contributed by atoms with Crippen LogP contribution in [0.25, 0.3) is 16.9 Å². The largest absolute Gasteiger partial charge is 0.366 e. The van der Waals surface area contributed by atoms with Gasteiger partial charge in [0.05, 0.1) is 22.8 Å². The summed E-state index contributed by atoms with van der Waals surface area (Å²) in [5, 5.41) is 12.2. The number of fused-ring (bicyclic) bond motifs is 1. The summed E-state index contributed by atoms with van der Waals surface area (Å²) in [6.07, 6.45) is 6.62. The first kappa shape index (κ1) is 18.4. The van der Waals surface area contributed by atoms with Gasteiger partial charge in [0.2, 0.25) is 0 Å². The van der Waals surface area contributed by atoms with Crippen LogP contribution in [0.1, 0.15) is 37.4 Å². The van der Waals surface area contributed by atoms with Crippen molar-refractivity contribution in [3.63, 3.8) is 0 Å². The predicted molar refractivity (Wildman–Crippen MR) is 113 cm³/mol. The summed E-state index contributed by atoms with van der Waals surface area (Å²) in [6, 6.07) is 11.5. The average Bonchev–Trinajstić information content (AvgIpc) is 3.30. The molecule has 9 heteroatoms. The molecule has 3 aromatic heterocycles. The van der Waals surface area contributed by atoms with E-state index in [0.29, 0.717) is 11.9 Å². The van der Waals surface area contributed by atoms with Crippen molar-refractivity contribution < 1.29 is 0 Å². The van der Waals surface area contributed by atoms with Crippen LogP contribution in [-0.4, -0.2) is 40.6 Å². The lowest BCUT2D eigenvalue weighted by Crippen LogP contribution is -2.34. The molecule has 0 unspecified atom stereocenters. The van der Waals surface area contributed by atoms with Crippen molar-refractivity contribution in [3.05, 3.63) is 65.1 Å². The van der Waals surface area contributed by atoms with Gasteiger partial charge in [-0.2, -0.15) is 5.10 Å². The molecule has 1 N–H and O–H groups in total. The topological polar surface area (TPSA) is 103 Å². The molecular formula is C21H22N8O. The van der Waals surface area contributed by atoms with Gasteiger partial charge < -0.3 is 5.32 Å². The van der Waals surface area contributed by atoms with E-state index in [1.807, 2.05) is 31.2 Å². The van der Waals surface area contributed by atoms with E-state index in [2.05, 4.69) is 25.5 Å². The number of hydrogen-bond donors (Lipinski definition) is 1. The number of aryl methyl sites for hydroxylation is 1. The summed E-state index contributed by atoms with van der Waals surface area (Å²) in [7, 11) is 0. The van der Waals surface area contributed by atoms with Crippen LogP contribution < -0.4 is 10.9 Å². The minimum absolute atomic E-state index is 0.0720. The normalized spacial score (nSPS) is 19.1. The van der Waals surface area contributed by atoms with Gasteiger partial charge in [0.15, 0.2) is 5.82 Å². The minimum Gasteiger partial charge on any atom is -0.366 e. The Hall–Kier alpha value is -3.62. The Kier molecular flexibility index (Phi) is 4.70.